The molecule has 0 spiro atoms. The van der Waals surface area contributed by atoms with Gasteiger partial charge in [-0.2, -0.15) is 0 Å². The molecule has 0 saturated carbocycles. The Morgan fingerprint density at radius 2 is 1.30 bits per heavy atom. The minimum atomic E-state index is -1.28. The molecule has 17 nitrogen and oxygen atoms in total. The maximum atomic E-state index is 13.7. The second-order valence-electron chi connectivity index (χ2n) is 11.0. The SMILES string of the molecule is C[C@H](NC(=O)CNC(=O)C(N)CO)C(=O)N1CCC[C@H]1C(=O)N1CCC[C@H]1C(=O)N1CCC[C@H]1C(=O)N[C@@H](CO)C(N)=O. The molecule has 17 heteroatoms. The fraction of sp³-hybridized carbons (Fsp3) is 0.731. The van der Waals surface area contributed by atoms with E-state index in [1.165, 1.54) is 21.6 Å². The number of carbonyl (C=O) groups excluding carboxylic acids is 7. The van der Waals surface area contributed by atoms with Crippen molar-refractivity contribution in [2.45, 2.75) is 81.7 Å². The molecule has 1 unspecified atom stereocenters. The molecule has 7 amide bonds. The number of aliphatic hydroxyl groups excluding tert-OH is 2. The molecule has 43 heavy (non-hydrogen) atoms. The number of hydrogen-bond acceptors (Lipinski definition) is 10. The maximum absolute atomic E-state index is 13.7. The molecular formula is C26H42N8O9. The zero-order chi connectivity index (χ0) is 31.8. The topological polar surface area (TPSA) is 258 Å². The summed E-state index contributed by atoms with van der Waals surface area (Å²) in [7, 11) is 0. The molecule has 6 atom stereocenters. The van der Waals surface area contributed by atoms with Crippen LogP contribution in [0.15, 0.2) is 0 Å². The van der Waals surface area contributed by atoms with E-state index in [1.54, 1.807) is 0 Å². The van der Waals surface area contributed by atoms with E-state index >= 15 is 0 Å². The molecule has 0 aromatic rings. The lowest BCUT2D eigenvalue weighted by Crippen LogP contribution is -2.58. The number of rotatable bonds is 12. The highest BCUT2D eigenvalue weighted by Crippen LogP contribution is 2.28. The van der Waals surface area contributed by atoms with Crippen molar-refractivity contribution in [1.82, 2.24) is 30.7 Å². The van der Waals surface area contributed by atoms with Crippen LogP contribution in [-0.2, 0) is 33.6 Å². The van der Waals surface area contributed by atoms with Crippen molar-refractivity contribution in [2.75, 3.05) is 39.4 Å². The first kappa shape index (κ1) is 33.7. The Balaban J connectivity index is 1.62. The quantitative estimate of drug-likeness (QED) is 0.111. The molecule has 0 radical (unpaired) electrons. The van der Waals surface area contributed by atoms with Gasteiger partial charge in [0.2, 0.25) is 41.4 Å². The molecule has 3 rings (SSSR count). The van der Waals surface area contributed by atoms with E-state index in [0.717, 1.165) is 0 Å². The van der Waals surface area contributed by atoms with Crippen LogP contribution < -0.4 is 27.4 Å². The Morgan fingerprint density at radius 3 is 1.84 bits per heavy atom. The summed E-state index contributed by atoms with van der Waals surface area (Å²) in [5.74, 6) is -4.18. The third-order valence-corrected chi connectivity index (χ3v) is 8.03. The number of carbonyl (C=O) groups is 7. The van der Waals surface area contributed by atoms with Crippen molar-refractivity contribution >= 4 is 41.4 Å². The fourth-order valence-corrected chi connectivity index (χ4v) is 5.72. The van der Waals surface area contributed by atoms with Crippen molar-refractivity contribution in [3.8, 4) is 0 Å². The van der Waals surface area contributed by atoms with E-state index in [-0.39, 0.29) is 19.0 Å². The first-order chi connectivity index (χ1) is 20.4. The van der Waals surface area contributed by atoms with Gasteiger partial charge >= 0.3 is 0 Å². The number of nitrogens with two attached hydrogens (primary N) is 2. The Hall–Kier alpha value is -3.83. The molecule has 0 bridgehead atoms. The smallest absolute Gasteiger partial charge is 0.246 e. The molecule has 3 fully saturated rings. The van der Waals surface area contributed by atoms with Gasteiger partial charge in [-0.05, 0) is 45.4 Å². The number of amides is 7. The zero-order valence-corrected chi connectivity index (χ0v) is 24.2. The summed E-state index contributed by atoms with van der Waals surface area (Å²) < 4.78 is 0. The average molecular weight is 611 g/mol. The number of nitrogens with zero attached hydrogens (tertiary/aromatic N) is 3. The van der Waals surface area contributed by atoms with Gasteiger partial charge in [0.05, 0.1) is 19.8 Å². The van der Waals surface area contributed by atoms with Gasteiger partial charge < -0.3 is 52.3 Å². The summed E-state index contributed by atoms with van der Waals surface area (Å²) in [6.07, 6.45) is 2.75. The first-order valence-corrected chi connectivity index (χ1v) is 14.5. The summed E-state index contributed by atoms with van der Waals surface area (Å²) in [6.45, 7) is 0.602. The highest BCUT2D eigenvalue weighted by molar-refractivity contribution is 5.97. The van der Waals surface area contributed by atoms with Crippen LogP contribution in [0.25, 0.3) is 0 Å². The van der Waals surface area contributed by atoms with E-state index in [2.05, 4.69) is 16.0 Å². The highest BCUT2D eigenvalue weighted by Gasteiger charge is 2.46. The van der Waals surface area contributed by atoms with E-state index < -0.39 is 91.5 Å². The predicted octanol–water partition coefficient (Wildman–Crippen LogP) is -5.14. The first-order valence-electron chi connectivity index (χ1n) is 14.5. The van der Waals surface area contributed by atoms with Crippen LogP contribution in [0.2, 0.25) is 0 Å². The monoisotopic (exact) mass is 610 g/mol. The van der Waals surface area contributed by atoms with Gasteiger partial charge in [-0.15, -0.1) is 0 Å². The van der Waals surface area contributed by atoms with Crippen LogP contribution in [0.3, 0.4) is 0 Å². The molecular weight excluding hydrogens is 568 g/mol. The number of primary amides is 1. The molecule has 3 saturated heterocycles. The van der Waals surface area contributed by atoms with Crippen molar-refractivity contribution in [3.63, 3.8) is 0 Å². The van der Waals surface area contributed by atoms with Gasteiger partial charge in [-0.3, -0.25) is 33.6 Å². The Labute approximate surface area is 248 Å². The third-order valence-electron chi connectivity index (χ3n) is 8.03. The second-order valence-corrected chi connectivity index (χ2v) is 11.0. The van der Waals surface area contributed by atoms with Crippen LogP contribution in [0.4, 0.5) is 0 Å². The van der Waals surface area contributed by atoms with Crippen LogP contribution in [-0.4, -0.2) is 142 Å². The molecule has 3 aliphatic heterocycles. The summed E-state index contributed by atoms with van der Waals surface area (Å²) >= 11 is 0. The lowest BCUT2D eigenvalue weighted by molar-refractivity contribution is -0.151. The Morgan fingerprint density at radius 1 is 0.791 bits per heavy atom. The minimum Gasteiger partial charge on any atom is -0.394 e. The van der Waals surface area contributed by atoms with Gasteiger partial charge in [0.15, 0.2) is 0 Å². The zero-order valence-electron chi connectivity index (χ0n) is 24.2. The summed E-state index contributed by atoms with van der Waals surface area (Å²) in [4.78, 5) is 93.0. The highest BCUT2D eigenvalue weighted by atomic mass is 16.3. The fourth-order valence-electron chi connectivity index (χ4n) is 5.72. The van der Waals surface area contributed by atoms with Crippen molar-refractivity contribution in [1.29, 1.82) is 0 Å². The lowest BCUT2D eigenvalue weighted by atomic mass is 10.1. The number of likely N-dealkylation sites (tertiary alicyclic amines) is 3. The van der Waals surface area contributed by atoms with Crippen molar-refractivity contribution in [3.05, 3.63) is 0 Å². The van der Waals surface area contributed by atoms with Gasteiger partial charge in [0, 0.05) is 19.6 Å². The average Bonchev–Trinajstić information content (AvgIpc) is 3.77. The van der Waals surface area contributed by atoms with E-state index in [4.69, 9.17) is 16.6 Å². The molecule has 0 aromatic heterocycles. The Kier molecular flexibility index (Phi) is 11.8. The van der Waals surface area contributed by atoms with E-state index in [0.29, 0.717) is 45.1 Å². The second kappa shape index (κ2) is 15.1. The third kappa shape index (κ3) is 7.97. The van der Waals surface area contributed by atoms with Crippen LogP contribution in [0.5, 0.6) is 0 Å². The normalized spacial score (nSPS) is 23.8. The van der Waals surface area contributed by atoms with Crippen LogP contribution in [0.1, 0.15) is 45.4 Å². The van der Waals surface area contributed by atoms with Gasteiger partial charge in [-0.25, -0.2) is 0 Å². The van der Waals surface area contributed by atoms with Crippen LogP contribution >= 0.6 is 0 Å². The summed E-state index contributed by atoms with van der Waals surface area (Å²) in [5.41, 5.74) is 10.6. The molecule has 3 heterocycles. The maximum Gasteiger partial charge on any atom is 0.246 e. The summed E-state index contributed by atoms with van der Waals surface area (Å²) in [6, 6.07) is -6.01. The number of hydrogen-bond donors (Lipinski definition) is 7. The molecule has 9 N–H and O–H groups in total. The standard InChI is InChI=1S/C26H42N8O9/c1-14(30-20(37)11-29-22(39)15(27)12-35)24(41)33-9-3-6-18(33)26(43)34-10-4-7-19(34)25(42)32-8-2-5-17(32)23(40)31-16(13-36)21(28)38/h14-19,35-36H,2-13,27H2,1H3,(H2,28,38)(H,29,39)(H,30,37)(H,31,40)/t14-,15?,16-,17-,18-,19-/m0/s1. The number of nitrogens with one attached hydrogen (secondary N) is 3. The predicted molar refractivity (Wildman–Crippen MR) is 148 cm³/mol. The van der Waals surface area contributed by atoms with E-state index in [9.17, 15) is 38.7 Å². The summed E-state index contributed by atoms with van der Waals surface area (Å²) in [5, 5.41) is 25.4. The van der Waals surface area contributed by atoms with Gasteiger partial charge in [-0.1, -0.05) is 0 Å². The van der Waals surface area contributed by atoms with Gasteiger partial charge in [0.1, 0.15) is 36.3 Å². The van der Waals surface area contributed by atoms with Crippen LogP contribution in [0, 0.1) is 0 Å². The number of aliphatic hydroxyl groups is 2. The van der Waals surface area contributed by atoms with Crippen molar-refractivity contribution in [2.24, 2.45) is 11.5 Å². The lowest BCUT2D eigenvalue weighted by Gasteiger charge is -2.34. The largest absolute Gasteiger partial charge is 0.394 e. The van der Waals surface area contributed by atoms with Gasteiger partial charge in [0.25, 0.3) is 0 Å². The minimum absolute atomic E-state index is 0.282. The molecule has 0 aromatic carbocycles. The Bertz CT molecular complexity index is 1100. The van der Waals surface area contributed by atoms with E-state index in [1.807, 2.05) is 0 Å². The molecule has 240 valence electrons. The molecule has 0 aliphatic carbocycles. The molecule has 3 aliphatic rings. The van der Waals surface area contributed by atoms with Crippen molar-refractivity contribution < 1.29 is 43.8 Å².